The van der Waals surface area contributed by atoms with Crippen LogP contribution in [0.1, 0.15) is 36.0 Å². The molecule has 1 aliphatic rings. The first kappa shape index (κ1) is 9.94. The van der Waals surface area contributed by atoms with E-state index in [1.807, 2.05) is 5.38 Å². The lowest BCUT2D eigenvalue weighted by atomic mass is 9.94. The van der Waals surface area contributed by atoms with Crippen LogP contribution < -0.4 is 0 Å². The number of hydrogen-bond donors (Lipinski definition) is 0. The van der Waals surface area contributed by atoms with Crippen LogP contribution in [0.25, 0.3) is 0 Å². The van der Waals surface area contributed by atoms with E-state index in [-0.39, 0.29) is 5.78 Å². The van der Waals surface area contributed by atoms with Crippen molar-refractivity contribution >= 4 is 28.7 Å². The zero-order chi connectivity index (χ0) is 9.97. The summed E-state index contributed by atoms with van der Waals surface area (Å²) in [6.07, 6.45) is 6.37. The van der Waals surface area contributed by atoms with Crippen LogP contribution >= 0.6 is 22.9 Å². The maximum absolute atomic E-state index is 11.9. The van der Waals surface area contributed by atoms with Crippen LogP contribution in [0.3, 0.4) is 0 Å². The molecule has 1 aliphatic carbocycles. The summed E-state index contributed by atoms with van der Waals surface area (Å²) < 4.78 is 0.685. The van der Waals surface area contributed by atoms with E-state index < -0.39 is 0 Å². The van der Waals surface area contributed by atoms with Crippen molar-refractivity contribution in [3.63, 3.8) is 0 Å². The minimum atomic E-state index is 0.160. The molecule has 1 aromatic heterocycles. The van der Waals surface area contributed by atoms with Crippen molar-refractivity contribution in [2.45, 2.75) is 25.7 Å². The van der Waals surface area contributed by atoms with Crippen LogP contribution in [-0.2, 0) is 0 Å². The summed E-state index contributed by atoms with van der Waals surface area (Å²) in [6.45, 7) is 0. The van der Waals surface area contributed by atoms with Crippen LogP contribution in [0.5, 0.6) is 0 Å². The summed E-state index contributed by atoms with van der Waals surface area (Å²) in [5, 5.41) is 1.83. The first-order valence-corrected chi connectivity index (χ1v) is 6.01. The Hall–Kier alpha value is -0.600. The number of Topliss-reactive ketones (excluding diaryl/α,β-unsaturated/α-hetero) is 1. The molecule has 1 nitrogen and oxygen atoms in total. The third-order valence-corrected chi connectivity index (χ3v) is 3.50. The second-order valence-electron chi connectivity index (χ2n) is 3.44. The molecule has 0 N–H and O–H groups in total. The highest BCUT2D eigenvalue weighted by Crippen LogP contribution is 2.25. The highest BCUT2D eigenvalue weighted by atomic mass is 35.5. The van der Waals surface area contributed by atoms with Crippen molar-refractivity contribution in [2.24, 2.45) is 0 Å². The van der Waals surface area contributed by atoms with E-state index in [0.29, 0.717) is 4.34 Å². The van der Waals surface area contributed by atoms with Gasteiger partial charge in [0.2, 0.25) is 0 Å². The van der Waals surface area contributed by atoms with Crippen LogP contribution in [-0.4, -0.2) is 5.78 Å². The molecule has 1 aromatic rings. The van der Waals surface area contributed by atoms with Crippen LogP contribution in [0.2, 0.25) is 4.34 Å². The topological polar surface area (TPSA) is 17.1 Å². The van der Waals surface area contributed by atoms with Crippen LogP contribution in [0.4, 0.5) is 0 Å². The van der Waals surface area contributed by atoms with Gasteiger partial charge in [-0.2, -0.15) is 0 Å². The van der Waals surface area contributed by atoms with Crippen LogP contribution in [0.15, 0.2) is 23.1 Å². The average Bonchev–Trinajstić information content (AvgIpc) is 2.65. The van der Waals surface area contributed by atoms with Crippen molar-refractivity contribution in [2.75, 3.05) is 0 Å². The van der Waals surface area contributed by atoms with E-state index >= 15 is 0 Å². The van der Waals surface area contributed by atoms with Crippen LogP contribution in [0, 0.1) is 0 Å². The first-order valence-electron chi connectivity index (χ1n) is 4.75. The quantitative estimate of drug-likeness (QED) is 0.695. The first-order chi connectivity index (χ1) is 6.77. The molecule has 14 heavy (non-hydrogen) atoms. The average molecular weight is 227 g/mol. The van der Waals surface area contributed by atoms with Gasteiger partial charge < -0.3 is 0 Å². The van der Waals surface area contributed by atoms with Crippen molar-refractivity contribution in [1.29, 1.82) is 0 Å². The Morgan fingerprint density at radius 2 is 2.29 bits per heavy atom. The van der Waals surface area contributed by atoms with E-state index in [1.165, 1.54) is 17.8 Å². The van der Waals surface area contributed by atoms with Gasteiger partial charge in [-0.25, -0.2) is 0 Å². The van der Waals surface area contributed by atoms with Gasteiger partial charge in [0.25, 0.3) is 0 Å². The number of rotatable bonds is 2. The van der Waals surface area contributed by atoms with Gasteiger partial charge in [-0.05, 0) is 37.3 Å². The molecule has 0 radical (unpaired) electrons. The fourth-order valence-corrected chi connectivity index (χ4v) is 2.52. The molecule has 0 bridgehead atoms. The number of allylic oxidation sites excluding steroid dienone is 2. The molecule has 0 saturated carbocycles. The monoisotopic (exact) mass is 226 g/mol. The Balaban J connectivity index is 2.19. The minimum absolute atomic E-state index is 0.160. The third-order valence-electron chi connectivity index (χ3n) is 2.41. The Morgan fingerprint density at radius 3 is 2.86 bits per heavy atom. The molecule has 0 atom stereocenters. The largest absolute Gasteiger partial charge is 0.289 e. The Morgan fingerprint density at radius 1 is 1.43 bits per heavy atom. The SMILES string of the molecule is O=C(C1=CCCCC1)c1csc(Cl)c1. The number of halogens is 1. The maximum atomic E-state index is 11.9. The highest BCUT2D eigenvalue weighted by molar-refractivity contribution is 7.14. The molecule has 0 fully saturated rings. The number of carbonyl (C=O) groups excluding carboxylic acids is 1. The number of thiophene rings is 1. The normalized spacial score (nSPS) is 16.5. The smallest absolute Gasteiger partial charge is 0.189 e. The number of hydrogen-bond acceptors (Lipinski definition) is 2. The van der Waals surface area contributed by atoms with E-state index in [1.54, 1.807) is 6.07 Å². The predicted octanol–water partition coefficient (Wildman–Crippen LogP) is 4.08. The molecule has 3 heteroatoms. The van der Waals surface area contributed by atoms with Gasteiger partial charge in [0, 0.05) is 10.9 Å². The molecule has 2 rings (SSSR count). The molecule has 74 valence electrons. The summed E-state index contributed by atoms with van der Waals surface area (Å²) in [4.78, 5) is 11.9. The lowest BCUT2D eigenvalue weighted by Gasteiger charge is -2.10. The van der Waals surface area contributed by atoms with Crippen molar-refractivity contribution in [1.82, 2.24) is 0 Å². The third kappa shape index (κ3) is 2.07. The Kier molecular flexibility index (Phi) is 3.04. The molecule has 0 aromatic carbocycles. The zero-order valence-corrected chi connectivity index (χ0v) is 9.33. The van der Waals surface area contributed by atoms with Gasteiger partial charge in [0.1, 0.15) is 0 Å². The predicted molar refractivity (Wildman–Crippen MR) is 60.2 cm³/mol. The number of ketones is 1. The van der Waals surface area contributed by atoms with Crippen molar-refractivity contribution in [3.05, 3.63) is 33.0 Å². The summed E-state index contributed by atoms with van der Waals surface area (Å²) >= 11 is 7.20. The molecular weight excluding hydrogens is 216 g/mol. The molecule has 0 saturated heterocycles. The highest BCUT2D eigenvalue weighted by Gasteiger charge is 2.15. The van der Waals surface area contributed by atoms with Gasteiger partial charge in [0.05, 0.1) is 4.34 Å². The minimum Gasteiger partial charge on any atom is -0.289 e. The molecule has 1 heterocycles. The zero-order valence-electron chi connectivity index (χ0n) is 7.75. The Bertz CT molecular complexity index is 378. The van der Waals surface area contributed by atoms with E-state index in [0.717, 1.165) is 30.4 Å². The summed E-state index contributed by atoms with van der Waals surface area (Å²) in [5.41, 5.74) is 1.71. The van der Waals surface area contributed by atoms with Gasteiger partial charge in [-0.3, -0.25) is 4.79 Å². The fourth-order valence-electron chi connectivity index (χ4n) is 1.66. The summed E-state index contributed by atoms with van der Waals surface area (Å²) in [7, 11) is 0. The molecular formula is C11H11ClOS. The van der Waals surface area contributed by atoms with Gasteiger partial charge in [-0.1, -0.05) is 17.7 Å². The van der Waals surface area contributed by atoms with Crippen molar-refractivity contribution < 1.29 is 4.79 Å². The summed E-state index contributed by atoms with van der Waals surface area (Å²) in [5.74, 6) is 0.160. The molecule has 0 unspecified atom stereocenters. The lowest BCUT2D eigenvalue weighted by Crippen LogP contribution is -2.05. The molecule has 0 aliphatic heterocycles. The van der Waals surface area contributed by atoms with Gasteiger partial charge in [-0.15, -0.1) is 11.3 Å². The lowest BCUT2D eigenvalue weighted by molar-refractivity contribution is 0.102. The molecule has 0 spiro atoms. The number of carbonyl (C=O) groups is 1. The van der Waals surface area contributed by atoms with E-state index in [9.17, 15) is 4.79 Å². The summed E-state index contributed by atoms with van der Waals surface area (Å²) in [6, 6.07) is 1.75. The van der Waals surface area contributed by atoms with Gasteiger partial charge >= 0.3 is 0 Å². The second kappa shape index (κ2) is 4.28. The fraction of sp³-hybridized carbons (Fsp3) is 0.364. The molecule has 0 amide bonds. The van der Waals surface area contributed by atoms with E-state index in [4.69, 9.17) is 11.6 Å². The maximum Gasteiger partial charge on any atom is 0.189 e. The second-order valence-corrected chi connectivity index (χ2v) is 4.99. The van der Waals surface area contributed by atoms with E-state index in [2.05, 4.69) is 6.08 Å². The Labute approximate surface area is 92.4 Å². The van der Waals surface area contributed by atoms with Gasteiger partial charge in [0.15, 0.2) is 5.78 Å². The standard InChI is InChI=1S/C11H11ClOS/c12-10-6-9(7-14-10)11(13)8-4-2-1-3-5-8/h4,6-7H,1-3,5H2. The van der Waals surface area contributed by atoms with Crippen molar-refractivity contribution in [3.8, 4) is 0 Å².